The number of fused-ring (bicyclic) bond motifs is 1. The van der Waals surface area contributed by atoms with E-state index in [1.165, 1.54) is 11.1 Å². The summed E-state index contributed by atoms with van der Waals surface area (Å²) in [5.41, 5.74) is 3.47. The number of carbonyl (C=O) groups excluding carboxylic acids is 1. The highest BCUT2D eigenvalue weighted by molar-refractivity contribution is 9.10. The van der Waals surface area contributed by atoms with E-state index >= 15 is 0 Å². The molecule has 1 atom stereocenters. The van der Waals surface area contributed by atoms with Crippen molar-refractivity contribution in [1.82, 2.24) is 5.32 Å². The Morgan fingerprint density at radius 1 is 1.14 bits per heavy atom. The Bertz CT molecular complexity index is 639. The van der Waals surface area contributed by atoms with Gasteiger partial charge in [-0.15, -0.1) is 0 Å². The van der Waals surface area contributed by atoms with Crippen LogP contribution in [0.5, 0.6) is 0 Å². The Kier molecular flexibility index (Phi) is 4.36. The van der Waals surface area contributed by atoms with E-state index in [9.17, 15) is 4.79 Å². The molecule has 0 aromatic heterocycles. The smallest absolute Gasteiger partial charge is 0.323 e. The maximum absolute atomic E-state index is 12.2. The molecule has 0 radical (unpaired) electrons. The van der Waals surface area contributed by atoms with Gasteiger partial charge in [-0.1, -0.05) is 52.3 Å². The van der Waals surface area contributed by atoms with Gasteiger partial charge in [0, 0.05) is 11.0 Å². The molecule has 1 aliphatic rings. The molecular formula is C17H16BrNO2. The molecule has 21 heavy (non-hydrogen) atoms. The van der Waals surface area contributed by atoms with Crippen LogP contribution in [0.15, 0.2) is 53.0 Å². The predicted octanol–water partition coefficient (Wildman–Crippen LogP) is 3.21. The van der Waals surface area contributed by atoms with Crippen molar-refractivity contribution in [2.45, 2.75) is 25.6 Å². The summed E-state index contributed by atoms with van der Waals surface area (Å²) < 4.78 is 6.42. The zero-order chi connectivity index (χ0) is 14.7. The second-order valence-electron chi connectivity index (χ2n) is 5.14. The summed E-state index contributed by atoms with van der Waals surface area (Å²) in [4.78, 5) is 12.2. The van der Waals surface area contributed by atoms with Gasteiger partial charge in [0.2, 0.25) is 0 Å². The lowest BCUT2D eigenvalue weighted by Crippen LogP contribution is -2.42. The first kappa shape index (κ1) is 14.3. The molecule has 108 valence electrons. The van der Waals surface area contributed by atoms with E-state index in [-0.39, 0.29) is 12.0 Å². The van der Waals surface area contributed by atoms with Gasteiger partial charge in [0.15, 0.2) is 0 Å². The third-order valence-corrected chi connectivity index (χ3v) is 4.19. The average Bonchev–Trinajstić information content (AvgIpc) is 2.53. The normalized spacial score (nSPS) is 17.1. The Labute approximate surface area is 132 Å². The van der Waals surface area contributed by atoms with Gasteiger partial charge in [-0.05, 0) is 35.2 Å². The summed E-state index contributed by atoms with van der Waals surface area (Å²) in [6.07, 6.45) is 0.690. The highest BCUT2D eigenvalue weighted by atomic mass is 79.9. The highest BCUT2D eigenvalue weighted by Crippen LogP contribution is 2.17. The van der Waals surface area contributed by atoms with E-state index in [0.29, 0.717) is 19.6 Å². The van der Waals surface area contributed by atoms with Crippen LogP contribution in [0, 0.1) is 0 Å². The molecule has 2 aromatic rings. The maximum Gasteiger partial charge on any atom is 0.323 e. The summed E-state index contributed by atoms with van der Waals surface area (Å²) in [6, 6.07) is 15.7. The largest absolute Gasteiger partial charge is 0.460 e. The number of esters is 1. The van der Waals surface area contributed by atoms with Crippen LogP contribution in [0.1, 0.15) is 16.7 Å². The summed E-state index contributed by atoms with van der Waals surface area (Å²) in [5, 5.41) is 3.24. The zero-order valence-electron chi connectivity index (χ0n) is 11.5. The molecule has 3 nitrogen and oxygen atoms in total. The van der Waals surface area contributed by atoms with E-state index in [2.05, 4.69) is 33.4 Å². The van der Waals surface area contributed by atoms with Crippen molar-refractivity contribution in [2.24, 2.45) is 0 Å². The van der Waals surface area contributed by atoms with Gasteiger partial charge in [0.1, 0.15) is 12.6 Å². The number of nitrogens with one attached hydrogen (secondary N) is 1. The molecule has 0 saturated carbocycles. The molecule has 4 heteroatoms. The van der Waals surface area contributed by atoms with Gasteiger partial charge < -0.3 is 10.1 Å². The van der Waals surface area contributed by atoms with Gasteiger partial charge in [0.25, 0.3) is 0 Å². The number of hydrogen-bond donors (Lipinski definition) is 1. The van der Waals surface area contributed by atoms with E-state index < -0.39 is 0 Å². The molecule has 1 heterocycles. The topological polar surface area (TPSA) is 38.3 Å². The Morgan fingerprint density at radius 3 is 2.62 bits per heavy atom. The molecule has 0 bridgehead atoms. The molecule has 0 spiro atoms. The molecule has 0 aliphatic carbocycles. The van der Waals surface area contributed by atoms with E-state index in [4.69, 9.17) is 4.74 Å². The Morgan fingerprint density at radius 2 is 1.86 bits per heavy atom. The van der Waals surface area contributed by atoms with Crippen molar-refractivity contribution in [3.8, 4) is 0 Å². The standard InChI is InChI=1S/C17H16BrNO2/c18-15-7-5-12(6-8-15)11-21-17(20)16-9-13-3-1-2-4-14(13)10-19-16/h1-8,16,19H,9-11H2/t16-/m0/s1. The quantitative estimate of drug-likeness (QED) is 0.868. The van der Waals surface area contributed by atoms with Crippen LogP contribution < -0.4 is 5.32 Å². The maximum atomic E-state index is 12.2. The van der Waals surface area contributed by atoms with Crippen molar-refractivity contribution < 1.29 is 9.53 Å². The van der Waals surface area contributed by atoms with E-state index in [1.54, 1.807) is 0 Å². The molecule has 0 unspecified atom stereocenters. The number of benzene rings is 2. The predicted molar refractivity (Wildman–Crippen MR) is 84.7 cm³/mol. The number of rotatable bonds is 3. The monoisotopic (exact) mass is 345 g/mol. The molecule has 2 aromatic carbocycles. The fourth-order valence-electron chi connectivity index (χ4n) is 2.46. The van der Waals surface area contributed by atoms with Crippen LogP contribution in [-0.2, 0) is 29.1 Å². The Balaban J connectivity index is 1.58. The van der Waals surface area contributed by atoms with Gasteiger partial charge in [-0.2, -0.15) is 0 Å². The lowest BCUT2D eigenvalue weighted by atomic mass is 9.96. The van der Waals surface area contributed by atoms with Crippen LogP contribution in [0.25, 0.3) is 0 Å². The van der Waals surface area contributed by atoms with Crippen LogP contribution in [0.2, 0.25) is 0 Å². The summed E-state index contributed by atoms with van der Waals surface area (Å²) in [6.45, 7) is 1.03. The van der Waals surface area contributed by atoms with Gasteiger partial charge in [0.05, 0.1) is 0 Å². The number of halogens is 1. The first-order valence-electron chi connectivity index (χ1n) is 6.93. The van der Waals surface area contributed by atoms with Gasteiger partial charge >= 0.3 is 5.97 Å². The van der Waals surface area contributed by atoms with Crippen molar-refractivity contribution in [2.75, 3.05) is 0 Å². The molecular weight excluding hydrogens is 330 g/mol. The summed E-state index contributed by atoms with van der Waals surface area (Å²) in [5.74, 6) is -0.188. The fraction of sp³-hybridized carbons (Fsp3) is 0.235. The third kappa shape index (κ3) is 3.52. The fourth-order valence-corrected chi connectivity index (χ4v) is 2.72. The third-order valence-electron chi connectivity index (χ3n) is 3.66. The van der Waals surface area contributed by atoms with E-state index in [0.717, 1.165) is 10.0 Å². The van der Waals surface area contributed by atoms with Crippen molar-refractivity contribution in [3.05, 3.63) is 69.7 Å². The van der Waals surface area contributed by atoms with Crippen LogP contribution in [0.3, 0.4) is 0 Å². The minimum absolute atomic E-state index is 0.188. The van der Waals surface area contributed by atoms with Gasteiger partial charge in [-0.3, -0.25) is 4.79 Å². The van der Waals surface area contributed by atoms with E-state index in [1.807, 2.05) is 36.4 Å². The van der Waals surface area contributed by atoms with Gasteiger partial charge in [-0.25, -0.2) is 0 Å². The lowest BCUT2D eigenvalue weighted by Gasteiger charge is -2.24. The Hall–Kier alpha value is -1.65. The van der Waals surface area contributed by atoms with Crippen LogP contribution >= 0.6 is 15.9 Å². The molecule has 1 aliphatic heterocycles. The first-order valence-corrected chi connectivity index (χ1v) is 7.73. The second kappa shape index (κ2) is 6.41. The van der Waals surface area contributed by atoms with Crippen molar-refractivity contribution >= 4 is 21.9 Å². The van der Waals surface area contributed by atoms with Crippen LogP contribution in [-0.4, -0.2) is 12.0 Å². The number of ether oxygens (including phenoxy) is 1. The molecule has 0 amide bonds. The first-order chi connectivity index (χ1) is 10.2. The average molecular weight is 346 g/mol. The minimum Gasteiger partial charge on any atom is -0.460 e. The molecule has 1 N–H and O–H groups in total. The molecule has 3 rings (SSSR count). The highest BCUT2D eigenvalue weighted by Gasteiger charge is 2.25. The summed E-state index contributed by atoms with van der Waals surface area (Å²) in [7, 11) is 0. The molecule has 0 fully saturated rings. The second-order valence-corrected chi connectivity index (χ2v) is 6.06. The van der Waals surface area contributed by atoms with Crippen molar-refractivity contribution in [3.63, 3.8) is 0 Å². The molecule has 0 saturated heterocycles. The zero-order valence-corrected chi connectivity index (χ0v) is 13.1. The number of carbonyl (C=O) groups is 1. The SMILES string of the molecule is O=C(OCc1ccc(Br)cc1)[C@@H]1Cc2ccccc2CN1. The number of hydrogen-bond acceptors (Lipinski definition) is 3. The lowest BCUT2D eigenvalue weighted by molar-refractivity contribution is -0.147. The summed E-state index contributed by atoms with van der Waals surface area (Å²) >= 11 is 3.39. The van der Waals surface area contributed by atoms with Crippen LogP contribution in [0.4, 0.5) is 0 Å². The minimum atomic E-state index is -0.254. The van der Waals surface area contributed by atoms with Crippen molar-refractivity contribution in [1.29, 1.82) is 0 Å².